The van der Waals surface area contributed by atoms with Crippen molar-refractivity contribution in [3.05, 3.63) is 0 Å². The zero-order chi connectivity index (χ0) is 17.2. The van der Waals surface area contributed by atoms with Crippen molar-refractivity contribution in [1.29, 1.82) is 0 Å². The van der Waals surface area contributed by atoms with Gasteiger partial charge in [0.2, 0.25) is 0 Å². The highest BCUT2D eigenvalue weighted by Crippen LogP contribution is 2.12. The molecule has 0 spiro atoms. The van der Waals surface area contributed by atoms with Crippen LogP contribution < -0.4 is 0 Å². The van der Waals surface area contributed by atoms with E-state index in [0.717, 1.165) is 0 Å². The van der Waals surface area contributed by atoms with Gasteiger partial charge in [-0.15, -0.1) is 0 Å². The lowest BCUT2D eigenvalue weighted by Crippen LogP contribution is -2.51. The van der Waals surface area contributed by atoms with Gasteiger partial charge in [0.25, 0.3) is 0 Å². The molecule has 1 heterocycles. The molecule has 132 valence electrons. The lowest BCUT2D eigenvalue weighted by atomic mass is 10.1. The van der Waals surface area contributed by atoms with E-state index in [1.54, 1.807) is 0 Å². The Balaban J connectivity index is 2.82. The van der Waals surface area contributed by atoms with Crippen LogP contribution in [-0.4, -0.2) is 87.7 Å². The summed E-state index contributed by atoms with van der Waals surface area (Å²) in [4.78, 5) is 38.0. The summed E-state index contributed by atoms with van der Waals surface area (Å²) in [5, 5.41) is 0. The number of carbonyl (C=O) groups excluding carboxylic acids is 3. The molecule has 9 nitrogen and oxygen atoms in total. The highest BCUT2D eigenvalue weighted by molar-refractivity contribution is 5.73. The van der Waals surface area contributed by atoms with Gasteiger partial charge in [-0.3, -0.25) is 19.4 Å². The molecule has 0 aliphatic carbocycles. The van der Waals surface area contributed by atoms with Gasteiger partial charge in [0, 0.05) is 26.6 Å². The van der Waals surface area contributed by atoms with Crippen molar-refractivity contribution in [2.45, 2.75) is 19.4 Å². The largest absolute Gasteiger partial charge is 0.469 e. The van der Waals surface area contributed by atoms with E-state index in [2.05, 4.69) is 4.90 Å². The molecule has 1 atom stereocenters. The first-order chi connectivity index (χ1) is 11.0. The fourth-order valence-corrected chi connectivity index (χ4v) is 2.22. The number of morpholine rings is 1. The molecule has 0 aromatic heterocycles. The standard InChI is InChI=1S/C14H24N2O7/c1-11(17)23-10-16(14(19)21-3)12(8-13(18)20-2)9-15-4-6-22-7-5-15/h12H,4-10H2,1-3H3/t12-/m0/s1. The Hall–Kier alpha value is -1.87. The summed E-state index contributed by atoms with van der Waals surface area (Å²) < 4.78 is 19.6. The summed E-state index contributed by atoms with van der Waals surface area (Å²) in [6.45, 7) is 3.95. The molecule has 0 aromatic rings. The second-order valence-corrected chi connectivity index (χ2v) is 5.05. The van der Waals surface area contributed by atoms with Gasteiger partial charge in [-0.25, -0.2) is 4.79 Å². The molecule has 9 heteroatoms. The van der Waals surface area contributed by atoms with Gasteiger partial charge < -0.3 is 18.9 Å². The summed E-state index contributed by atoms with van der Waals surface area (Å²) in [5.41, 5.74) is 0. The zero-order valence-electron chi connectivity index (χ0n) is 13.8. The summed E-state index contributed by atoms with van der Waals surface area (Å²) >= 11 is 0. The SMILES string of the molecule is COC(=O)C[C@@H](CN1CCOCC1)N(COC(C)=O)C(=O)OC. The smallest absolute Gasteiger partial charge is 0.412 e. The Labute approximate surface area is 135 Å². The predicted molar refractivity (Wildman–Crippen MR) is 78.6 cm³/mol. The van der Waals surface area contributed by atoms with Gasteiger partial charge in [0.15, 0.2) is 6.73 Å². The van der Waals surface area contributed by atoms with Crippen molar-refractivity contribution in [2.75, 3.05) is 53.8 Å². The summed E-state index contributed by atoms with van der Waals surface area (Å²) in [7, 11) is 2.51. The van der Waals surface area contributed by atoms with E-state index < -0.39 is 24.1 Å². The van der Waals surface area contributed by atoms with Crippen LogP contribution in [0.1, 0.15) is 13.3 Å². The number of esters is 2. The Morgan fingerprint density at radius 1 is 1.17 bits per heavy atom. The number of amides is 1. The Kier molecular flexibility index (Phi) is 8.35. The maximum absolute atomic E-state index is 12.0. The zero-order valence-corrected chi connectivity index (χ0v) is 13.8. The summed E-state index contributed by atoms with van der Waals surface area (Å²) in [5.74, 6) is -0.984. The number of ether oxygens (including phenoxy) is 4. The molecule has 0 radical (unpaired) electrons. The van der Waals surface area contributed by atoms with Gasteiger partial charge in [-0.2, -0.15) is 0 Å². The van der Waals surface area contributed by atoms with E-state index in [1.807, 2.05) is 0 Å². The van der Waals surface area contributed by atoms with E-state index >= 15 is 0 Å². The molecule has 0 saturated carbocycles. The normalized spacial score (nSPS) is 16.3. The van der Waals surface area contributed by atoms with Crippen molar-refractivity contribution < 1.29 is 33.3 Å². The molecule has 1 rings (SSSR count). The second-order valence-electron chi connectivity index (χ2n) is 5.05. The Bertz CT molecular complexity index is 410. The monoisotopic (exact) mass is 332 g/mol. The predicted octanol–water partition coefficient (Wildman–Crippen LogP) is -0.161. The number of hydrogen-bond donors (Lipinski definition) is 0. The van der Waals surface area contributed by atoms with Crippen LogP contribution in [0.2, 0.25) is 0 Å². The molecule has 0 bridgehead atoms. The van der Waals surface area contributed by atoms with Crippen LogP contribution in [0.3, 0.4) is 0 Å². The number of carbonyl (C=O) groups is 3. The van der Waals surface area contributed by atoms with Crippen LogP contribution in [0.25, 0.3) is 0 Å². The molecular formula is C14H24N2O7. The van der Waals surface area contributed by atoms with Crippen LogP contribution in [-0.2, 0) is 28.5 Å². The highest BCUT2D eigenvalue weighted by Gasteiger charge is 2.30. The van der Waals surface area contributed by atoms with E-state index in [0.29, 0.717) is 32.8 Å². The van der Waals surface area contributed by atoms with Gasteiger partial charge >= 0.3 is 18.0 Å². The maximum atomic E-state index is 12.0. The van der Waals surface area contributed by atoms with Crippen LogP contribution >= 0.6 is 0 Å². The number of hydrogen-bond acceptors (Lipinski definition) is 8. The van der Waals surface area contributed by atoms with E-state index in [1.165, 1.54) is 26.0 Å². The van der Waals surface area contributed by atoms with Gasteiger partial charge in [-0.1, -0.05) is 0 Å². The van der Waals surface area contributed by atoms with E-state index in [4.69, 9.17) is 18.9 Å². The lowest BCUT2D eigenvalue weighted by molar-refractivity contribution is -0.147. The Morgan fingerprint density at radius 2 is 1.83 bits per heavy atom. The fraction of sp³-hybridized carbons (Fsp3) is 0.786. The third-order valence-electron chi connectivity index (χ3n) is 3.46. The quantitative estimate of drug-likeness (QED) is 0.361. The topological polar surface area (TPSA) is 94.6 Å². The first-order valence-corrected chi connectivity index (χ1v) is 7.32. The first kappa shape index (κ1) is 19.2. The van der Waals surface area contributed by atoms with Crippen molar-refractivity contribution in [3.63, 3.8) is 0 Å². The molecule has 1 amide bonds. The number of nitrogens with zero attached hydrogens (tertiary/aromatic N) is 2. The van der Waals surface area contributed by atoms with Crippen molar-refractivity contribution in [3.8, 4) is 0 Å². The Morgan fingerprint density at radius 3 is 2.35 bits per heavy atom. The molecule has 1 aliphatic heterocycles. The number of methoxy groups -OCH3 is 2. The average molecular weight is 332 g/mol. The van der Waals surface area contributed by atoms with Crippen LogP contribution in [0, 0.1) is 0 Å². The van der Waals surface area contributed by atoms with Crippen LogP contribution in [0.5, 0.6) is 0 Å². The fourth-order valence-electron chi connectivity index (χ4n) is 2.22. The van der Waals surface area contributed by atoms with Crippen LogP contribution in [0.4, 0.5) is 4.79 Å². The molecule has 1 saturated heterocycles. The first-order valence-electron chi connectivity index (χ1n) is 7.32. The van der Waals surface area contributed by atoms with Gasteiger partial charge in [-0.05, 0) is 0 Å². The molecular weight excluding hydrogens is 308 g/mol. The summed E-state index contributed by atoms with van der Waals surface area (Å²) in [6.07, 6.45) is -0.696. The molecule has 0 aromatic carbocycles. The summed E-state index contributed by atoms with van der Waals surface area (Å²) in [6, 6.07) is -0.535. The molecule has 1 aliphatic rings. The van der Waals surface area contributed by atoms with Gasteiger partial charge in [0.1, 0.15) is 0 Å². The molecule has 1 fully saturated rings. The van der Waals surface area contributed by atoms with Crippen molar-refractivity contribution >= 4 is 18.0 Å². The maximum Gasteiger partial charge on any atom is 0.412 e. The van der Waals surface area contributed by atoms with Gasteiger partial charge in [0.05, 0.1) is 39.9 Å². The van der Waals surface area contributed by atoms with E-state index in [9.17, 15) is 14.4 Å². The third-order valence-corrected chi connectivity index (χ3v) is 3.46. The lowest BCUT2D eigenvalue weighted by Gasteiger charge is -2.35. The number of rotatable bonds is 7. The van der Waals surface area contributed by atoms with Crippen molar-refractivity contribution in [2.24, 2.45) is 0 Å². The molecule has 0 unspecified atom stereocenters. The van der Waals surface area contributed by atoms with Crippen molar-refractivity contribution in [1.82, 2.24) is 9.80 Å². The minimum atomic E-state index is -0.673. The average Bonchev–Trinajstić information content (AvgIpc) is 2.55. The molecule has 23 heavy (non-hydrogen) atoms. The minimum absolute atomic E-state index is 0.0236. The molecule has 0 N–H and O–H groups in total. The minimum Gasteiger partial charge on any atom is -0.469 e. The second kappa shape index (κ2) is 10.0. The highest BCUT2D eigenvalue weighted by atomic mass is 16.6. The van der Waals surface area contributed by atoms with Crippen LogP contribution in [0.15, 0.2) is 0 Å². The third kappa shape index (κ3) is 6.83. The van der Waals surface area contributed by atoms with E-state index in [-0.39, 0.29) is 13.2 Å².